The van der Waals surface area contributed by atoms with E-state index in [9.17, 15) is 4.79 Å². The van der Waals surface area contributed by atoms with E-state index in [2.05, 4.69) is 13.0 Å². The normalized spacial score (nSPS) is 15.1. The highest BCUT2D eigenvalue weighted by Crippen LogP contribution is 2.30. The first kappa shape index (κ1) is 9.25. The van der Waals surface area contributed by atoms with E-state index in [1.165, 1.54) is 11.1 Å². The van der Waals surface area contributed by atoms with Crippen molar-refractivity contribution in [3.8, 4) is 5.75 Å². The third kappa shape index (κ3) is 1.41. The lowest BCUT2D eigenvalue weighted by Crippen LogP contribution is -2.15. The van der Waals surface area contributed by atoms with E-state index in [-0.39, 0.29) is 0 Å². The molecular weight excluding hydrogens is 176 g/mol. The van der Waals surface area contributed by atoms with Gasteiger partial charge in [-0.05, 0) is 30.5 Å². The Hall–Kier alpha value is -1.31. The van der Waals surface area contributed by atoms with Crippen molar-refractivity contribution in [2.24, 2.45) is 0 Å². The standard InChI is InChI=1S/C12H14O2/c1-8-3-6-12(14-2)11-7-9(13)4-5-10(8)11/h3,6H,4-5,7H2,1-2H3. The van der Waals surface area contributed by atoms with Gasteiger partial charge in [-0.2, -0.15) is 0 Å². The molecule has 0 N–H and O–H groups in total. The summed E-state index contributed by atoms with van der Waals surface area (Å²) in [7, 11) is 1.66. The number of fused-ring (bicyclic) bond motifs is 1. The van der Waals surface area contributed by atoms with Crippen LogP contribution < -0.4 is 4.74 Å². The Labute approximate surface area is 83.9 Å². The minimum atomic E-state index is 0.321. The van der Waals surface area contributed by atoms with Crippen LogP contribution in [0.5, 0.6) is 5.75 Å². The van der Waals surface area contributed by atoms with Gasteiger partial charge < -0.3 is 4.74 Å². The van der Waals surface area contributed by atoms with E-state index in [0.29, 0.717) is 18.6 Å². The predicted octanol–water partition coefficient (Wildman–Crippen LogP) is 2.06. The van der Waals surface area contributed by atoms with E-state index in [4.69, 9.17) is 4.74 Å². The van der Waals surface area contributed by atoms with Crippen molar-refractivity contribution in [2.75, 3.05) is 7.11 Å². The molecule has 0 saturated carbocycles. The summed E-state index contributed by atoms with van der Waals surface area (Å²) in [5, 5.41) is 0. The first-order valence-electron chi connectivity index (χ1n) is 4.89. The van der Waals surface area contributed by atoms with Crippen LogP contribution in [0.3, 0.4) is 0 Å². The summed E-state index contributed by atoms with van der Waals surface area (Å²) in [4.78, 5) is 11.3. The van der Waals surface area contributed by atoms with E-state index in [1.807, 2.05) is 6.07 Å². The highest BCUT2D eigenvalue weighted by Gasteiger charge is 2.20. The van der Waals surface area contributed by atoms with E-state index in [0.717, 1.165) is 17.7 Å². The van der Waals surface area contributed by atoms with Crippen LogP contribution in [0.2, 0.25) is 0 Å². The maximum atomic E-state index is 11.3. The summed E-state index contributed by atoms with van der Waals surface area (Å²) < 4.78 is 5.26. The molecule has 0 aliphatic heterocycles. The van der Waals surface area contributed by atoms with Crippen molar-refractivity contribution in [2.45, 2.75) is 26.2 Å². The average Bonchev–Trinajstić information content (AvgIpc) is 2.18. The van der Waals surface area contributed by atoms with Crippen LogP contribution in [0.15, 0.2) is 12.1 Å². The molecule has 74 valence electrons. The van der Waals surface area contributed by atoms with Gasteiger partial charge >= 0.3 is 0 Å². The van der Waals surface area contributed by atoms with Crippen molar-refractivity contribution >= 4 is 5.78 Å². The number of carbonyl (C=O) groups is 1. The highest BCUT2D eigenvalue weighted by molar-refractivity contribution is 5.84. The molecule has 0 amide bonds. The van der Waals surface area contributed by atoms with Crippen molar-refractivity contribution in [3.05, 3.63) is 28.8 Å². The molecule has 0 saturated heterocycles. The minimum absolute atomic E-state index is 0.321. The summed E-state index contributed by atoms with van der Waals surface area (Å²) in [5.74, 6) is 1.18. The number of ketones is 1. The van der Waals surface area contributed by atoms with Gasteiger partial charge in [0, 0.05) is 18.4 Å². The number of hydrogen-bond donors (Lipinski definition) is 0. The second kappa shape index (κ2) is 3.45. The minimum Gasteiger partial charge on any atom is -0.496 e. The molecule has 0 bridgehead atoms. The average molecular weight is 190 g/mol. The van der Waals surface area contributed by atoms with Gasteiger partial charge in [0.25, 0.3) is 0 Å². The molecule has 1 aliphatic carbocycles. The molecule has 1 aromatic carbocycles. The molecule has 0 atom stereocenters. The van der Waals surface area contributed by atoms with Gasteiger partial charge in [0.1, 0.15) is 11.5 Å². The Kier molecular flexibility index (Phi) is 2.28. The molecule has 2 nitrogen and oxygen atoms in total. The maximum absolute atomic E-state index is 11.3. The predicted molar refractivity (Wildman–Crippen MR) is 54.8 cm³/mol. The molecule has 0 aromatic heterocycles. The lowest BCUT2D eigenvalue weighted by atomic mass is 9.87. The van der Waals surface area contributed by atoms with Crippen molar-refractivity contribution in [1.29, 1.82) is 0 Å². The van der Waals surface area contributed by atoms with Gasteiger partial charge in [-0.1, -0.05) is 6.07 Å². The Balaban J connectivity index is 2.54. The van der Waals surface area contributed by atoms with Crippen molar-refractivity contribution in [1.82, 2.24) is 0 Å². The zero-order chi connectivity index (χ0) is 10.1. The zero-order valence-electron chi connectivity index (χ0n) is 8.59. The SMILES string of the molecule is COc1ccc(C)c2c1CC(=O)CC2. The molecule has 0 radical (unpaired) electrons. The Morgan fingerprint density at radius 1 is 1.21 bits per heavy atom. The second-order valence-electron chi connectivity index (χ2n) is 3.76. The molecule has 0 unspecified atom stereocenters. The molecule has 0 fully saturated rings. The third-order valence-corrected chi connectivity index (χ3v) is 2.87. The number of rotatable bonds is 1. The number of methoxy groups -OCH3 is 1. The molecular formula is C12H14O2. The Morgan fingerprint density at radius 2 is 2.00 bits per heavy atom. The molecule has 1 aliphatic rings. The number of hydrogen-bond acceptors (Lipinski definition) is 2. The smallest absolute Gasteiger partial charge is 0.137 e. The van der Waals surface area contributed by atoms with Crippen molar-refractivity contribution in [3.63, 3.8) is 0 Å². The number of aryl methyl sites for hydroxylation is 1. The molecule has 2 rings (SSSR count). The van der Waals surface area contributed by atoms with Crippen LogP contribution >= 0.6 is 0 Å². The summed E-state index contributed by atoms with van der Waals surface area (Å²) in [6, 6.07) is 4.01. The highest BCUT2D eigenvalue weighted by atomic mass is 16.5. The van der Waals surface area contributed by atoms with Crippen LogP contribution in [-0.4, -0.2) is 12.9 Å². The van der Waals surface area contributed by atoms with Gasteiger partial charge in [-0.15, -0.1) is 0 Å². The Bertz CT molecular complexity index is 380. The zero-order valence-corrected chi connectivity index (χ0v) is 8.59. The number of carbonyl (C=O) groups excluding carboxylic acids is 1. The monoisotopic (exact) mass is 190 g/mol. The topological polar surface area (TPSA) is 26.3 Å². The fourth-order valence-electron chi connectivity index (χ4n) is 2.07. The second-order valence-corrected chi connectivity index (χ2v) is 3.76. The lowest BCUT2D eigenvalue weighted by Gasteiger charge is -2.19. The Morgan fingerprint density at radius 3 is 2.71 bits per heavy atom. The van der Waals surface area contributed by atoms with Crippen molar-refractivity contribution < 1.29 is 9.53 Å². The summed E-state index contributed by atoms with van der Waals surface area (Å²) in [6.07, 6.45) is 2.10. The molecule has 0 spiro atoms. The first-order valence-corrected chi connectivity index (χ1v) is 4.89. The van der Waals surface area contributed by atoms with Gasteiger partial charge in [0.05, 0.1) is 7.11 Å². The van der Waals surface area contributed by atoms with E-state index >= 15 is 0 Å². The quantitative estimate of drug-likeness (QED) is 0.677. The van der Waals surface area contributed by atoms with Gasteiger partial charge in [0.15, 0.2) is 0 Å². The number of ether oxygens (including phenoxy) is 1. The van der Waals surface area contributed by atoms with E-state index < -0.39 is 0 Å². The van der Waals surface area contributed by atoms with Gasteiger partial charge in [-0.25, -0.2) is 0 Å². The lowest BCUT2D eigenvalue weighted by molar-refractivity contribution is -0.118. The molecule has 1 aromatic rings. The fraction of sp³-hybridized carbons (Fsp3) is 0.417. The summed E-state index contributed by atoms with van der Waals surface area (Å²) >= 11 is 0. The van der Waals surface area contributed by atoms with Gasteiger partial charge in [0.2, 0.25) is 0 Å². The molecule has 0 heterocycles. The number of benzene rings is 1. The van der Waals surface area contributed by atoms with Crippen LogP contribution in [0.4, 0.5) is 0 Å². The summed E-state index contributed by atoms with van der Waals surface area (Å²) in [5.41, 5.74) is 3.68. The van der Waals surface area contributed by atoms with E-state index in [1.54, 1.807) is 7.11 Å². The summed E-state index contributed by atoms with van der Waals surface area (Å²) in [6.45, 7) is 2.09. The van der Waals surface area contributed by atoms with Gasteiger partial charge in [-0.3, -0.25) is 4.79 Å². The molecule has 14 heavy (non-hydrogen) atoms. The van der Waals surface area contributed by atoms with Crippen LogP contribution in [0, 0.1) is 6.92 Å². The maximum Gasteiger partial charge on any atom is 0.137 e. The van der Waals surface area contributed by atoms with Crippen LogP contribution in [0.25, 0.3) is 0 Å². The fourth-order valence-corrected chi connectivity index (χ4v) is 2.07. The van der Waals surface area contributed by atoms with Crippen LogP contribution in [-0.2, 0) is 17.6 Å². The molecule has 2 heteroatoms. The van der Waals surface area contributed by atoms with Crippen LogP contribution in [0.1, 0.15) is 23.1 Å². The first-order chi connectivity index (χ1) is 6.72. The largest absolute Gasteiger partial charge is 0.496 e. The third-order valence-electron chi connectivity index (χ3n) is 2.87. The number of Topliss-reactive ketones (excluding diaryl/α,β-unsaturated/α-hetero) is 1.